The third kappa shape index (κ3) is 4.47. The van der Waals surface area contributed by atoms with E-state index in [2.05, 4.69) is 10.1 Å². The molecule has 0 unspecified atom stereocenters. The number of methoxy groups -OCH3 is 1. The summed E-state index contributed by atoms with van der Waals surface area (Å²) in [5.41, 5.74) is 0.379. The Labute approximate surface area is 180 Å². The Morgan fingerprint density at radius 1 is 1.20 bits per heavy atom. The number of nitrogens with zero attached hydrogens (tertiary/aromatic N) is 1. The van der Waals surface area contributed by atoms with Crippen LogP contribution in [0, 0.1) is 0 Å². The van der Waals surface area contributed by atoms with Crippen molar-refractivity contribution in [1.29, 1.82) is 0 Å². The van der Waals surface area contributed by atoms with Gasteiger partial charge in [0.2, 0.25) is 5.76 Å². The fourth-order valence-corrected chi connectivity index (χ4v) is 3.20. The number of esters is 2. The zero-order valence-corrected chi connectivity index (χ0v) is 17.2. The van der Waals surface area contributed by atoms with E-state index in [0.29, 0.717) is 5.56 Å². The van der Waals surface area contributed by atoms with Crippen molar-refractivity contribution in [1.82, 2.24) is 10.2 Å². The molecule has 0 saturated carbocycles. The molecule has 156 valence electrons. The van der Waals surface area contributed by atoms with Gasteiger partial charge in [-0.25, -0.2) is 9.59 Å². The topological polar surface area (TPSA) is 115 Å². The normalized spacial score (nSPS) is 14.8. The molecule has 30 heavy (non-hydrogen) atoms. The second kappa shape index (κ2) is 8.60. The van der Waals surface area contributed by atoms with Crippen molar-refractivity contribution >= 4 is 53.2 Å². The number of furan rings is 1. The average molecular weight is 453 g/mol. The van der Waals surface area contributed by atoms with E-state index in [9.17, 15) is 19.2 Å². The van der Waals surface area contributed by atoms with Crippen LogP contribution >= 0.6 is 23.2 Å². The molecule has 9 nitrogen and oxygen atoms in total. The fraction of sp³-hybridized carbons (Fsp3) is 0.158. The summed E-state index contributed by atoms with van der Waals surface area (Å²) < 4.78 is 14.8. The molecule has 0 spiro atoms. The number of halogens is 2. The van der Waals surface area contributed by atoms with Crippen molar-refractivity contribution in [2.75, 3.05) is 7.11 Å². The number of carbonyl (C=O) groups excluding carboxylic acids is 4. The summed E-state index contributed by atoms with van der Waals surface area (Å²) in [6.07, 6.45) is 1.37. The lowest BCUT2D eigenvalue weighted by molar-refractivity contribution is -0.131. The molecule has 3 amide bonds. The van der Waals surface area contributed by atoms with Crippen LogP contribution in [-0.2, 0) is 20.9 Å². The molecular weight excluding hydrogens is 439 g/mol. The molecular formula is C19H14Cl2N2O7. The number of imide groups is 1. The molecule has 0 radical (unpaired) electrons. The molecule has 1 fully saturated rings. The van der Waals surface area contributed by atoms with Crippen LogP contribution in [0.5, 0.6) is 5.75 Å². The fourth-order valence-electron chi connectivity index (χ4n) is 2.61. The van der Waals surface area contributed by atoms with Crippen LogP contribution in [0.25, 0.3) is 6.08 Å². The van der Waals surface area contributed by atoms with E-state index in [1.54, 1.807) is 0 Å². The molecule has 1 aromatic carbocycles. The standard InChI is InChI=1S/C19H14Cl2N2O7/c1-9(24)29-16-12(20)5-10(6-13(16)21)7-14-17(25)23(19(27)22-14)8-11-3-4-15(30-11)18(26)28-2/h3-7H,8H2,1-2H3,(H,22,27)/b14-7-. The summed E-state index contributed by atoms with van der Waals surface area (Å²) in [5.74, 6) is -1.72. The van der Waals surface area contributed by atoms with Crippen LogP contribution in [0.1, 0.15) is 28.8 Å². The van der Waals surface area contributed by atoms with Gasteiger partial charge in [-0.3, -0.25) is 14.5 Å². The van der Waals surface area contributed by atoms with Gasteiger partial charge < -0.3 is 19.2 Å². The van der Waals surface area contributed by atoms with Crippen LogP contribution < -0.4 is 10.1 Å². The summed E-state index contributed by atoms with van der Waals surface area (Å²) in [4.78, 5) is 48.3. The van der Waals surface area contributed by atoms with E-state index in [4.69, 9.17) is 32.4 Å². The Kier molecular flexibility index (Phi) is 6.14. The number of carbonyl (C=O) groups is 4. The minimum absolute atomic E-state index is 0.00405. The van der Waals surface area contributed by atoms with Crippen molar-refractivity contribution in [3.63, 3.8) is 0 Å². The highest BCUT2D eigenvalue weighted by Gasteiger charge is 2.34. The number of amides is 3. The molecule has 0 aliphatic carbocycles. The quantitative estimate of drug-likeness (QED) is 0.319. The van der Waals surface area contributed by atoms with E-state index < -0.39 is 23.9 Å². The Morgan fingerprint density at radius 2 is 1.87 bits per heavy atom. The Hall–Kier alpha value is -3.30. The van der Waals surface area contributed by atoms with Gasteiger partial charge in [-0.1, -0.05) is 23.2 Å². The average Bonchev–Trinajstić information content (AvgIpc) is 3.25. The lowest BCUT2D eigenvalue weighted by atomic mass is 10.1. The molecule has 2 heterocycles. The predicted molar refractivity (Wildman–Crippen MR) is 105 cm³/mol. The third-order valence-corrected chi connectivity index (χ3v) is 4.46. The van der Waals surface area contributed by atoms with Crippen molar-refractivity contribution in [2.24, 2.45) is 0 Å². The molecule has 1 aromatic heterocycles. The Balaban J connectivity index is 1.80. The first-order valence-corrected chi connectivity index (χ1v) is 9.14. The third-order valence-electron chi connectivity index (χ3n) is 3.90. The van der Waals surface area contributed by atoms with E-state index in [1.165, 1.54) is 44.4 Å². The smallest absolute Gasteiger partial charge is 0.373 e. The van der Waals surface area contributed by atoms with Crippen LogP contribution in [0.2, 0.25) is 10.0 Å². The maximum Gasteiger partial charge on any atom is 0.373 e. The molecule has 3 rings (SSSR count). The van der Waals surface area contributed by atoms with Crippen LogP contribution in [-0.4, -0.2) is 35.9 Å². The minimum Gasteiger partial charge on any atom is -0.463 e. The second-order valence-electron chi connectivity index (χ2n) is 6.04. The van der Waals surface area contributed by atoms with E-state index in [1.807, 2.05) is 0 Å². The first-order valence-electron chi connectivity index (χ1n) is 8.38. The van der Waals surface area contributed by atoms with Gasteiger partial charge in [-0.05, 0) is 35.9 Å². The van der Waals surface area contributed by atoms with Gasteiger partial charge in [0.15, 0.2) is 5.75 Å². The summed E-state index contributed by atoms with van der Waals surface area (Å²) in [5, 5.41) is 2.56. The maximum absolute atomic E-state index is 12.6. The molecule has 1 N–H and O–H groups in total. The number of rotatable bonds is 5. The zero-order chi connectivity index (χ0) is 22.0. The van der Waals surface area contributed by atoms with E-state index >= 15 is 0 Å². The van der Waals surface area contributed by atoms with Crippen LogP contribution in [0.3, 0.4) is 0 Å². The molecule has 1 saturated heterocycles. The summed E-state index contributed by atoms with van der Waals surface area (Å²) in [6.45, 7) is 1.02. The highest BCUT2D eigenvalue weighted by molar-refractivity contribution is 6.37. The Bertz CT molecular complexity index is 1070. The molecule has 2 aromatic rings. The summed E-state index contributed by atoms with van der Waals surface area (Å²) in [6, 6.07) is 5.02. The number of hydrogen-bond acceptors (Lipinski definition) is 7. The number of hydrogen-bond donors (Lipinski definition) is 1. The highest BCUT2D eigenvalue weighted by Crippen LogP contribution is 2.35. The van der Waals surface area contributed by atoms with Crippen LogP contribution in [0.15, 0.2) is 34.4 Å². The second-order valence-corrected chi connectivity index (χ2v) is 6.86. The number of ether oxygens (including phenoxy) is 2. The molecule has 0 bridgehead atoms. The van der Waals surface area contributed by atoms with Crippen molar-refractivity contribution in [3.8, 4) is 5.75 Å². The zero-order valence-electron chi connectivity index (χ0n) is 15.7. The first kappa shape index (κ1) is 21.4. The molecule has 1 aliphatic heterocycles. The summed E-state index contributed by atoms with van der Waals surface area (Å²) >= 11 is 12.2. The lowest BCUT2D eigenvalue weighted by Crippen LogP contribution is -2.30. The van der Waals surface area contributed by atoms with E-state index in [0.717, 1.165) is 4.90 Å². The van der Waals surface area contributed by atoms with Gasteiger partial charge in [0.05, 0.1) is 23.7 Å². The van der Waals surface area contributed by atoms with Gasteiger partial charge in [0.25, 0.3) is 5.91 Å². The summed E-state index contributed by atoms with van der Waals surface area (Å²) in [7, 11) is 1.20. The number of nitrogens with one attached hydrogen (secondary N) is 1. The van der Waals surface area contributed by atoms with E-state index in [-0.39, 0.29) is 39.6 Å². The number of urea groups is 1. The minimum atomic E-state index is -0.676. The van der Waals surface area contributed by atoms with Gasteiger partial charge >= 0.3 is 18.0 Å². The van der Waals surface area contributed by atoms with Gasteiger partial charge in [0.1, 0.15) is 11.5 Å². The van der Waals surface area contributed by atoms with Crippen molar-refractivity contribution < 1.29 is 33.1 Å². The maximum atomic E-state index is 12.6. The Morgan fingerprint density at radius 3 is 2.47 bits per heavy atom. The molecule has 0 atom stereocenters. The monoisotopic (exact) mass is 452 g/mol. The molecule has 1 aliphatic rings. The van der Waals surface area contributed by atoms with Gasteiger partial charge in [0, 0.05) is 6.92 Å². The van der Waals surface area contributed by atoms with Gasteiger partial charge in [-0.2, -0.15) is 0 Å². The van der Waals surface area contributed by atoms with Crippen molar-refractivity contribution in [3.05, 3.63) is 57.1 Å². The van der Waals surface area contributed by atoms with Crippen LogP contribution in [0.4, 0.5) is 4.79 Å². The first-order chi connectivity index (χ1) is 14.2. The largest absolute Gasteiger partial charge is 0.463 e. The molecule has 11 heteroatoms. The highest BCUT2D eigenvalue weighted by atomic mass is 35.5. The predicted octanol–water partition coefficient (Wildman–Crippen LogP) is 3.39. The number of benzene rings is 1. The lowest BCUT2D eigenvalue weighted by Gasteiger charge is -2.09. The SMILES string of the molecule is COC(=O)c1ccc(CN2C(=O)N/C(=C\c3cc(Cl)c(OC(C)=O)c(Cl)c3)C2=O)o1. The van der Waals surface area contributed by atoms with Crippen molar-refractivity contribution in [2.45, 2.75) is 13.5 Å². The van der Waals surface area contributed by atoms with Gasteiger partial charge in [-0.15, -0.1) is 0 Å².